The van der Waals surface area contributed by atoms with Crippen molar-refractivity contribution in [1.29, 1.82) is 16.1 Å². The summed E-state index contributed by atoms with van der Waals surface area (Å²) in [6.45, 7) is 15.1. The minimum Gasteiger partial charge on any atom is -0.399 e. The maximum absolute atomic E-state index is 7.95. The van der Waals surface area contributed by atoms with Crippen molar-refractivity contribution in [3.05, 3.63) is 65.9 Å². The highest BCUT2D eigenvalue weighted by Gasteiger charge is 2.11. The first kappa shape index (κ1) is 26.5. The second-order valence-corrected chi connectivity index (χ2v) is 6.94. The van der Waals surface area contributed by atoms with Crippen LogP contribution in [0.1, 0.15) is 58.5 Å². The molecule has 6 nitrogen and oxygen atoms in total. The topological polar surface area (TPSA) is 115 Å². The Bertz CT molecular complexity index is 916. The predicted octanol–water partition coefficient (Wildman–Crippen LogP) is 5.57. The van der Waals surface area contributed by atoms with Crippen molar-refractivity contribution < 1.29 is 0 Å². The number of rotatable bonds is 9. The van der Waals surface area contributed by atoms with Crippen molar-refractivity contribution in [2.24, 2.45) is 12.8 Å². The molecule has 0 bridgehead atoms. The molecule has 1 heterocycles. The normalized spacial score (nSPS) is 11.8. The smallest absolute Gasteiger partial charge is 0.136 e. The Morgan fingerprint density at radius 2 is 1.93 bits per heavy atom. The number of hydrogen-bond acceptors (Lipinski definition) is 5. The lowest BCUT2D eigenvalue weighted by Crippen LogP contribution is -1.98. The highest BCUT2D eigenvalue weighted by molar-refractivity contribution is 5.96. The summed E-state index contributed by atoms with van der Waals surface area (Å²) in [5.74, 6) is 0.765. The van der Waals surface area contributed by atoms with Gasteiger partial charge in [-0.3, -0.25) is 0 Å². The molecule has 0 aliphatic rings. The highest BCUT2D eigenvalue weighted by Crippen LogP contribution is 2.21. The highest BCUT2D eigenvalue weighted by atomic mass is 15.0. The third-order valence-electron chi connectivity index (χ3n) is 4.16. The molecule has 1 rings (SSSR count). The first-order chi connectivity index (χ1) is 14.1. The van der Waals surface area contributed by atoms with E-state index in [1.807, 2.05) is 31.7 Å². The molecular weight excluding hydrogens is 372 g/mol. The molecule has 0 spiro atoms. The van der Waals surface area contributed by atoms with Gasteiger partial charge in [0, 0.05) is 42.9 Å². The van der Waals surface area contributed by atoms with Gasteiger partial charge in [-0.15, -0.1) is 0 Å². The minimum atomic E-state index is 0.398. The van der Waals surface area contributed by atoms with Gasteiger partial charge in [0.15, 0.2) is 0 Å². The van der Waals surface area contributed by atoms with Crippen molar-refractivity contribution in [1.82, 2.24) is 9.55 Å². The summed E-state index contributed by atoms with van der Waals surface area (Å²) in [5.41, 5.74) is 10.4. The average Bonchev–Trinajstić information content (AvgIpc) is 3.08. The molecule has 6 heteroatoms. The van der Waals surface area contributed by atoms with E-state index in [4.69, 9.17) is 21.8 Å². The van der Waals surface area contributed by atoms with Crippen LogP contribution in [0.25, 0.3) is 11.1 Å². The third kappa shape index (κ3) is 9.16. The van der Waals surface area contributed by atoms with Gasteiger partial charge in [-0.25, -0.2) is 4.98 Å². The summed E-state index contributed by atoms with van der Waals surface area (Å²) in [6.07, 6.45) is 11.4. The van der Waals surface area contributed by atoms with Crippen LogP contribution in [0.15, 0.2) is 54.4 Å². The van der Waals surface area contributed by atoms with Crippen LogP contribution >= 0.6 is 0 Å². The number of nitrogens with one attached hydrogen (secondary N) is 2. The zero-order chi connectivity index (χ0) is 23.3. The number of nitrogens with two attached hydrogens (primary N) is 1. The second-order valence-electron chi connectivity index (χ2n) is 6.94. The molecule has 0 atom stereocenters. The predicted molar refractivity (Wildman–Crippen MR) is 128 cm³/mol. The summed E-state index contributed by atoms with van der Waals surface area (Å²) in [5, 5.41) is 23.2. The fourth-order valence-corrected chi connectivity index (χ4v) is 2.37. The van der Waals surface area contributed by atoms with Crippen molar-refractivity contribution >= 4 is 23.1 Å². The van der Waals surface area contributed by atoms with Gasteiger partial charge in [0.2, 0.25) is 0 Å². The van der Waals surface area contributed by atoms with Crippen molar-refractivity contribution in [2.45, 2.75) is 47.0 Å². The molecule has 0 saturated carbocycles. The van der Waals surface area contributed by atoms with Crippen LogP contribution in [-0.2, 0) is 7.05 Å². The average molecular weight is 407 g/mol. The monoisotopic (exact) mass is 406 g/mol. The van der Waals surface area contributed by atoms with Crippen LogP contribution in [0, 0.1) is 22.1 Å². The number of nitrogens with zero attached hydrogens (tertiary/aromatic N) is 3. The quantitative estimate of drug-likeness (QED) is 0.283. The summed E-state index contributed by atoms with van der Waals surface area (Å²) in [4.78, 5) is 4.63. The van der Waals surface area contributed by atoms with Gasteiger partial charge in [-0.05, 0) is 50.0 Å². The second kappa shape index (κ2) is 13.7. The van der Waals surface area contributed by atoms with Gasteiger partial charge in [0.05, 0.1) is 11.8 Å². The largest absolute Gasteiger partial charge is 0.399 e. The summed E-state index contributed by atoms with van der Waals surface area (Å²) >= 11 is 0. The molecule has 0 amide bonds. The van der Waals surface area contributed by atoms with Crippen LogP contribution < -0.4 is 5.73 Å². The lowest BCUT2D eigenvalue weighted by molar-refractivity contribution is 0.822. The Labute approximate surface area is 180 Å². The van der Waals surface area contributed by atoms with Gasteiger partial charge >= 0.3 is 0 Å². The lowest BCUT2D eigenvalue weighted by atomic mass is 10.1. The van der Waals surface area contributed by atoms with Crippen LogP contribution in [0.2, 0.25) is 0 Å². The molecule has 0 unspecified atom stereocenters. The number of unbranched alkanes of at least 4 members (excludes halogenated alkanes) is 2. The molecular formula is C24H34N6. The standard InChI is InChI=1S/C19H25N5.C5H9N/c1-12(16(5)22)7-8-17(10-20)15(4)19-23-18(11-24(19)6)13(2)9-14(3)21;1-2-3-4-5-6/h7-11,20-21H,1,5,22H2,2-4,6H3;2-4H2,1H3/b8-7-,13-9+,17-15-,20-10?,21-14?;. The molecule has 30 heavy (non-hydrogen) atoms. The number of aryl methyl sites for hydroxylation is 1. The number of allylic oxidation sites excluding steroid dienone is 6. The number of aromatic nitrogens is 2. The maximum Gasteiger partial charge on any atom is 0.136 e. The zero-order valence-electron chi connectivity index (χ0n) is 18.8. The van der Waals surface area contributed by atoms with Crippen molar-refractivity contribution in [2.75, 3.05) is 0 Å². The van der Waals surface area contributed by atoms with Crippen LogP contribution in [-0.4, -0.2) is 21.5 Å². The van der Waals surface area contributed by atoms with Crippen LogP contribution in [0.4, 0.5) is 0 Å². The van der Waals surface area contributed by atoms with E-state index in [2.05, 4.69) is 31.1 Å². The first-order valence-corrected chi connectivity index (χ1v) is 9.76. The molecule has 0 aliphatic heterocycles. The molecule has 0 radical (unpaired) electrons. The van der Waals surface area contributed by atoms with E-state index in [1.54, 1.807) is 25.2 Å². The number of imidazole rings is 1. The van der Waals surface area contributed by atoms with Crippen LogP contribution in [0.3, 0.4) is 0 Å². The van der Waals surface area contributed by atoms with Gasteiger partial charge in [-0.2, -0.15) is 5.26 Å². The summed E-state index contributed by atoms with van der Waals surface area (Å²) in [7, 11) is 1.91. The van der Waals surface area contributed by atoms with Crippen molar-refractivity contribution in [3.63, 3.8) is 0 Å². The van der Waals surface area contributed by atoms with E-state index in [0.29, 0.717) is 22.6 Å². The maximum atomic E-state index is 7.95. The third-order valence-corrected chi connectivity index (χ3v) is 4.16. The minimum absolute atomic E-state index is 0.398. The SMILES string of the molecule is C=C(N)C(=C)/C=C\C(C=N)=C(/C)c1nc(/C(C)=C/C(C)=N)cn1C.CCCCC#N. The first-order valence-electron chi connectivity index (χ1n) is 9.76. The Morgan fingerprint density at radius 1 is 1.30 bits per heavy atom. The Hall–Kier alpha value is -3.46. The summed E-state index contributed by atoms with van der Waals surface area (Å²) < 4.78 is 1.91. The van der Waals surface area contributed by atoms with Crippen molar-refractivity contribution in [3.8, 4) is 6.07 Å². The van der Waals surface area contributed by atoms with E-state index >= 15 is 0 Å². The fraction of sp³-hybridized carbons (Fsp3) is 0.333. The molecule has 0 saturated heterocycles. The number of nitriles is 1. The van der Waals surface area contributed by atoms with E-state index < -0.39 is 0 Å². The Morgan fingerprint density at radius 3 is 2.37 bits per heavy atom. The summed E-state index contributed by atoms with van der Waals surface area (Å²) in [6, 6.07) is 2.07. The van der Waals surface area contributed by atoms with Gasteiger partial charge in [-0.1, -0.05) is 38.7 Å². The molecule has 0 aliphatic carbocycles. The van der Waals surface area contributed by atoms with Crippen LogP contribution in [0.5, 0.6) is 0 Å². The van der Waals surface area contributed by atoms with E-state index in [0.717, 1.165) is 41.9 Å². The van der Waals surface area contributed by atoms with Gasteiger partial charge in [0.25, 0.3) is 0 Å². The number of hydrogen-bond donors (Lipinski definition) is 3. The van der Waals surface area contributed by atoms with E-state index in [1.165, 1.54) is 6.21 Å². The van der Waals surface area contributed by atoms with Gasteiger partial charge < -0.3 is 21.1 Å². The molecule has 0 aromatic carbocycles. The van der Waals surface area contributed by atoms with E-state index in [-0.39, 0.29) is 0 Å². The lowest BCUT2D eigenvalue weighted by Gasteiger charge is -2.05. The zero-order valence-corrected chi connectivity index (χ0v) is 18.8. The molecule has 1 aromatic heterocycles. The Balaban J connectivity index is 0.00000122. The van der Waals surface area contributed by atoms with Gasteiger partial charge in [0.1, 0.15) is 5.82 Å². The Kier molecular flexibility index (Phi) is 12.1. The molecule has 160 valence electrons. The van der Waals surface area contributed by atoms with E-state index in [9.17, 15) is 0 Å². The molecule has 1 aromatic rings. The molecule has 0 fully saturated rings. The molecule has 4 N–H and O–H groups in total. The fourth-order valence-electron chi connectivity index (χ4n) is 2.37.